The van der Waals surface area contributed by atoms with E-state index >= 15 is 0 Å². The Morgan fingerprint density at radius 1 is 1.50 bits per heavy atom. The van der Waals surface area contributed by atoms with Gasteiger partial charge in [0.2, 0.25) is 0 Å². The SMILES string of the molecule is CCOC(=O)N1CCc2cc(Br)c(=O)[nH]c2CC1. The molecule has 0 saturated carbocycles. The van der Waals surface area contributed by atoms with Gasteiger partial charge < -0.3 is 14.6 Å². The van der Waals surface area contributed by atoms with Crippen molar-refractivity contribution in [1.29, 1.82) is 0 Å². The number of aromatic amines is 1. The number of fused-ring (bicyclic) bond motifs is 1. The van der Waals surface area contributed by atoms with Gasteiger partial charge in [0.15, 0.2) is 0 Å². The van der Waals surface area contributed by atoms with Crippen molar-refractivity contribution >= 4 is 22.0 Å². The lowest BCUT2D eigenvalue weighted by atomic mass is 10.1. The van der Waals surface area contributed by atoms with Gasteiger partial charge in [0, 0.05) is 25.2 Å². The van der Waals surface area contributed by atoms with Crippen LogP contribution < -0.4 is 5.56 Å². The number of aromatic nitrogens is 1. The summed E-state index contributed by atoms with van der Waals surface area (Å²) in [6.45, 7) is 3.36. The second-order valence-electron chi connectivity index (χ2n) is 4.14. The van der Waals surface area contributed by atoms with Crippen LogP contribution in [0.3, 0.4) is 0 Å². The summed E-state index contributed by atoms with van der Waals surface area (Å²) < 4.78 is 5.52. The molecule has 2 heterocycles. The van der Waals surface area contributed by atoms with Gasteiger partial charge in [-0.25, -0.2) is 4.79 Å². The summed E-state index contributed by atoms with van der Waals surface area (Å²) in [7, 11) is 0. The van der Waals surface area contributed by atoms with Gasteiger partial charge in [-0.1, -0.05) is 0 Å². The maximum atomic E-state index is 11.7. The topological polar surface area (TPSA) is 62.4 Å². The molecule has 1 aromatic heterocycles. The Kier molecular flexibility index (Phi) is 4.06. The highest BCUT2D eigenvalue weighted by Gasteiger charge is 2.20. The monoisotopic (exact) mass is 314 g/mol. The molecule has 5 nitrogen and oxygen atoms in total. The number of carbonyl (C=O) groups is 1. The zero-order valence-electron chi connectivity index (χ0n) is 10.2. The van der Waals surface area contributed by atoms with Gasteiger partial charge in [0.1, 0.15) is 0 Å². The van der Waals surface area contributed by atoms with Crippen LogP contribution in [0.1, 0.15) is 18.2 Å². The molecule has 0 aromatic carbocycles. The first-order valence-electron chi connectivity index (χ1n) is 5.94. The number of hydrogen-bond donors (Lipinski definition) is 1. The number of rotatable bonds is 1. The molecule has 1 aliphatic heterocycles. The molecule has 0 saturated heterocycles. The second-order valence-corrected chi connectivity index (χ2v) is 4.99. The Morgan fingerprint density at radius 3 is 2.94 bits per heavy atom. The van der Waals surface area contributed by atoms with Gasteiger partial charge >= 0.3 is 6.09 Å². The highest BCUT2D eigenvalue weighted by Crippen LogP contribution is 2.16. The number of halogens is 1. The molecular weight excluding hydrogens is 300 g/mol. The number of H-pyrrole nitrogens is 1. The summed E-state index contributed by atoms with van der Waals surface area (Å²) in [6.07, 6.45) is 1.09. The molecule has 0 radical (unpaired) electrons. The number of pyridine rings is 1. The fraction of sp³-hybridized carbons (Fsp3) is 0.500. The van der Waals surface area contributed by atoms with E-state index in [-0.39, 0.29) is 11.7 Å². The van der Waals surface area contributed by atoms with Gasteiger partial charge in [-0.15, -0.1) is 0 Å². The summed E-state index contributed by atoms with van der Waals surface area (Å²) in [5, 5.41) is 0. The number of nitrogens with zero attached hydrogens (tertiary/aromatic N) is 1. The standard InChI is InChI=1S/C12H15BrN2O3/c1-2-18-12(17)15-5-3-8-7-9(13)11(16)14-10(8)4-6-15/h7H,2-6H2,1H3,(H,14,16). The molecule has 1 aromatic rings. The van der Waals surface area contributed by atoms with Crippen molar-refractivity contribution < 1.29 is 9.53 Å². The maximum Gasteiger partial charge on any atom is 0.409 e. The summed E-state index contributed by atoms with van der Waals surface area (Å²) in [5.41, 5.74) is 1.86. The summed E-state index contributed by atoms with van der Waals surface area (Å²) in [4.78, 5) is 27.7. The van der Waals surface area contributed by atoms with Crippen LogP contribution in [0.4, 0.5) is 4.79 Å². The summed E-state index contributed by atoms with van der Waals surface area (Å²) >= 11 is 3.22. The van der Waals surface area contributed by atoms with Crippen molar-refractivity contribution in [1.82, 2.24) is 9.88 Å². The van der Waals surface area contributed by atoms with E-state index in [1.165, 1.54) is 0 Å². The Bertz CT molecular complexity index is 513. The zero-order chi connectivity index (χ0) is 13.1. The molecule has 1 N–H and O–H groups in total. The van der Waals surface area contributed by atoms with Crippen molar-refractivity contribution in [3.8, 4) is 0 Å². The number of hydrogen-bond acceptors (Lipinski definition) is 3. The van der Waals surface area contributed by atoms with E-state index in [9.17, 15) is 9.59 Å². The molecule has 0 fully saturated rings. The number of amides is 1. The lowest BCUT2D eigenvalue weighted by molar-refractivity contribution is 0.109. The van der Waals surface area contributed by atoms with Crippen LogP contribution in [0.5, 0.6) is 0 Å². The van der Waals surface area contributed by atoms with E-state index in [0.717, 1.165) is 17.7 Å². The third-order valence-electron chi connectivity index (χ3n) is 2.98. The molecule has 0 spiro atoms. The minimum Gasteiger partial charge on any atom is -0.450 e. The van der Waals surface area contributed by atoms with Crippen LogP contribution in [0.25, 0.3) is 0 Å². The molecule has 0 aliphatic carbocycles. The predicted molar refractivity (Wildman–Crippen MR) is 70.8 cm³/mol. The first kappa shape index (κ1) is 13.1. The smallest absolute Gasteiger partial charge is 0.409 e. The summed E-state index contributed by atoms with van der Waals surface area (Å²) in [5.74, 6) is 0. The Hall–Kier alpha value is -1.30. The largest absolute Gasteiger partial charge is 0.450 e. The van der Waals surface area contributed by atoms with E-state index in [1.54, 1.807) is 11.8 Å². The molecule has 2 rings (SSSR count). The minimum atomic E-state index is -0.285. The Balaban J connectivity index is 2.16. The third-order valence-corrected chi connectivity index (χ3v) is 3.57. The molecule has 18 heavy (non-hydrogen) atoms. The maximum absolute atomic E-state index is 11.7. The van der Waals surface area contributed by atoms with Crippen molar-refractivity contribution in [2.45, 2.75) is 19.8 Å². The average Bonchev–Trinajstić information content (AvgIpc) is 2.53. The van der Waals surface area contributed by atoms with E-state index in [2.05, 4.69) is 20.9 Å². The van der Waals surface area contributed by atoms with Gasteiger partial charge in [0.25, 0.3) is 5.56 Å². The van der Waals surface area contributed by atoms with Crippen LogP contribution in [-0.2, 0) is 17.6 Å². The van der Waals surface area contributed by atoms with Gasteiger partial charge in [-0.3, -0.25) is 4.79 Å². The first-order valence-corrected chi connectivity index (χ1v) is 6.73. The third kappa shape index (κ3) is 2.75. The molecule has 1 amide bonds. The average molecular weight is 315 g/mol. The van der Waals surface area contributed by atoms with Gasteiger partial charge in [-0.05, 0) is 40.9 Å². The number of nitrogens with one attached hydrogen (secondary N) is 1. The highest BCUT2D eigenvalue weighted by atomic mass is 79.9. The quantitative estimate of drug-likeness (QED) is 0.858. The van der Waals surface area contributed by atoms with Crippen LogP contribution >= 0.6 is 15.9 Å². The predicted octanol–water partition coefficient (Wildman–Crippen LogP) is 1.69. The first-order chi connectivity index (χ1) is 8.61. The van der Waals surface area contributed by atoms with Crippen LogP contribution in [0, 0.1) is 0 Å². The Labute approximate surface area is 113 Å². The molecule has 1 aliphatic rings. The lowest BCUT2D eigenvalue weighted by Gasteiger charge is -2.18. The fourth-order valence-corrected chi connectivity index (χ4v) is 2.42. The highest BCUT2D eigenvalue weighted by molar-refractivity contribution is 9.10. The molecular formula is C12H15BrN2O3. The van der Waals surface area contributed by atoms with E-state index < -0.39 is 0 Å². The van der Waals surface area contributed by atoms with Gasteiger partial charge in [-0.2, -0.15) is 0 Å². The normalized spacial score (nSPS) is 14.9. The van der Waals surface area contributed by atoms with Gasteiger partial charge in [0.05, 0.1) is 11.1 Å². The van der Waals surface area contributed by atoms with Crippen molar-refractivity contribution in [2.75, 3.05) is 19.7 Å². The fourth-order valence-electron chi connectivity index (χ4n) is 2.04. The van der Waals surface area contributed by atoms with E-state index in [0.29, 0.717) is 30.6 Å². The van der Waals surface area contributed by atoms with Crippen molar-refractivity contribution in [3.63, 3.8) is 0 Å². The molecule has 98 valence electrons. The molecule has 0 bridgehead atoms. The molecule has 0 atom stereocenters. The lowest BCUT2D eigenvalue weighted by Crippen LogP contribution is -2.33. The summed E-state index contributed by atoms with van der Waals surface area (Å²) in [6, 6.07) is 1.84. The minimum absolute atomic E-state index is 0.127. The number of carbonyl (C=O) groups excluding carboxylic acids is 1. The van der Waals surface area contributed by atoms with Crippen LogP contribution in [-0.4, -0.2) is 35.7 Å². The van der Waals surface area contributed by atoms with E-state index in [4.69, 9.17) is 4.74 Å². The Morgan fingerprint density at radius 2 is 2.22 bits per heavy atom. The van der Waals surface area contributed by atoms with Crippen LogP contribution in [0.15, 0.2) is 15.3 Å². The van der Waals surface area contributed by atoms with E-state index in [1.807, 2.05) is 6.07 Å². The number of ether oxygens (including phenoxy) is 1. The van der Waals surface area contributed by atoms with Crippen LogP contribution in [0.2, 0.25) is 0 Å². The molecule has 0 unspecified atom stereocenters. The molecule has 6 heteroatoms. The zero-order valence-corrected chi connectivity index (χ0v) is 11.7. The van der Waals surface area contributed by atoms with Crippen molar-refractivity contribution in [2.24, 2.45) is 0 Å². The second kappa shape index (κ2) is 5.56. The van der Waals surface area contributed by atoms with Crippen molar-refractivity contribution in [3.05, 3.63) is 32.2 Å².